The zero-order valence-electron chi connectivity index (χ0n) is 15.1. The van der Waals surface area contributed by atoms with Crippen LogP contribution >= 0.6 is 0 Å². The quantitative estimate of drug-likeness (QED) is 0.565. The number of carbonyl (C=O) groups excluding carboxylic acids is 2. The molecule has 1 amide bonds. The van der Waals surface area contributed by atoms with Crippen molar-refractivity contribution < 1.29 is 14.3 Å². The van der Waals surface area contributed by atoms with Crippen LogP contribution in [0.1, 0.15) is 36.6 Å². The Kier molecular flexibility index (Phi) is 5.03. The molecule has 26 heavy (non-hydrogen) atoms. The number of carbonyl (C=O) groups is 2. The second-order valence-corrected chi connectivity index (χ2v) is 6.34. The van der Waals surface area contributed by atoms with Crippen LogP contribution in [0.3, 0.4) is 0 Å². The zero-order chi connectivity index (χ0) is 18.7. The first-order valence-corrected chi connectivity index (χ1v) is 8.49. The van der Waals surface area contributed by atoms with Crippen molar-refractivity contribution in [2.75, 3.05) is 0 Å². The lowest BCUT2D eigenvalue weighted by Gasteiger charge is -2.23. The molecule has 3 aromatic carbocycles. The number of rotatable bonds is 4. The summed E-state index contributed by atoms with van der Waals surface area (Å²) in [6.07, 6.45) is 0. The van der Waals surface area contributed by atoms with E-state index in [0.29, 0.717) is 5.75 Å². The highest BCUT2D eigenvalue weighted by Gasteiger charge is 2.23. The average molecular weight is 347 g/mol. The second-order valence-electron chi connectivity index (χ2n) is 6.34. The van der Waals surface area contributed by atoms with Crippen molar-refractivity contribution in [3.63, 3.8) is 0 Å². The predicted molar refractivity (Wildman–Crippen MR) is 102 cm³/mol. The van der Waals surface area contributed by atoms with Gasteiger partial charge in [-0.05, 0) is 29.3 Å². The van der Waals surface area contributed by atoms with Gasteiger partial charge in [0.05, 0.1) is 6.04 Å². The molecule has 0 saturated heterocycles. The number of amides is 1. The normalized spacial score (nSPS) is 11.8. The molecule has 4 heteroatoms. The molecule has 0 aliphatic carbocycles. The van der Waals surface area contributed by atoms with Gasteiger partial charge in [0.15, 0.2) is 0 Å². The van der Waals surface area contributed by atoms with Crippen molar-refractivity contribution in [1.82, 2.24) is 5.32 Å². The van der Waals surface area contributed by atoms with Crippen LogP contribution in [0.25, 0.3) is 10.8 Å². The Bertz CT molecular complexity index is 961. The zero-order valence-corrected chi connectivity index (χ0v) is 15.1. The third-order valence-electron chi connectivity index (χ3n) is 4.23. The van der Waals surface area contributed by atoms with E-state index in [1.807, 2.05) is 61.5 Å². The van der Waals surface area contributed by atoms with E-state index in [4.69, 9.17) is 4.74 Å². The van der Waals surface area contributed by atoms with Gasteiger partial charge in [-0.15, -0.1) is 0 Å². The lowest BCUT2D eigenvalue weighted by atomic mass is 9.92. The highest BCUT2D eigenvalue weighted by molar-refractivity contribution is 5.90. The number of benzene rings is 3. The Labute approximate surface area is 152 Å². The van der Waals surface area contributed by atoms with Crippen LogP contribution in [0, 0.1) is 6.92 Å². The van der Waals surface area contributed by atoms with Crippen LogP contribution in [0.15, 0.2) is 60.7 Å². The van der Waals surface area contributed by atoms with Crippen LogP contribution < -0.4 is 10.1 Å². The molecule has 0 fully saturated rings. The van der Waals surface area contributed by atoms with E-state index in [1.165, 1.54) is 13.8 Å². The fourth-order valence-electron chi connectivity index (χ4n) is 3.10. The largest absolute Gasteiger partial charge is 0.426 e. The van der Waals surface area contributed by atoms with E-state index < -0.39 is 12.0 Å². The van der Waals surface area contributed by atoms with Gasteiger partial charge < -0.3 is 10.1 Å². The molecule has 0 aliphatic rings. The topological polar surface area (TPSA) is 55.4 Å². The van der Waals surface area contributed by atoms with Crippen molar-refractivity contribution in [3.8, 4) is 5.75 Å². The standard InChI is InChI=1S/C22H21NO3/c1-14-8-10-18(11-9-14)22(23-15(2)24)21-19-7-5-4-6-17(19)12-13-20(21)26-16(3)25/h4-13,22H,1-3H3,(H,23,24)/t22-/m1/s1. The predicted octanol–water partition coefficient (Wildman–Crippen LogP) is 4.30. The van der Waals surface area contributed by atoms with Gasteiger partial charge in [-0.3, -0.25) is 9.59 Å². The molecule has 132 valence electrons. The van der Waals surface area contributed by atoms with Crippen molar-refractivity contribution in [2.45, 2.75) is 26.8 Å². The van der Waals surface area contributed by atoms with Crippen molar-refractivity contribution >= 4 is 22.6 Å². The third kappa shape index (κ3) is 3.75. The van der Waals surface area contributed by atoms with Crippen molar-refractivity contribution in [3.05, 3.63) is 77.4 Å². The lowest BCUT2D eigenvalue weighted by molar-refractivity contribution is -0.131. The summed E-state index contributed by atoms with van der Waals surface area (Å²) in [5.41, 5.74) is 2.83. The maximum absolute atomic E-state index is 11.9. The minimum Gasteiger partial charge on any atom is -0.426 e. The van der Waals surface area contributed by atoms with E-state index in [-0.39, 0.29) is 5.91 Å². The maximum Gasteiger partial charge on any atom is 0.308 e. The van der Waals surface area contributed by atoms with Gasteiger partial charge in [0, 0.05) is 19.4 Å². The smallest absolute Gasteiger partial charge is 0.308 e. The monoisotopic (exact) mass is 347 g/mol. The van der Waals surface area contributed by atoms with Crippen molar-refractivity contribution in [2.24, 2.45) is 0 Å². The molecule has 0 aromatic heterocycles. The molecule has 0 bridgehead atoms. The Morgan fingerprint density at radius 3 is 2.27 bits per heavy atom. The Balaban J connectivity index is 2.26. The van der Waals surface area contributed by atoms with Gasteiger partial charge >= 0.3 is 5.97 Å². The van der Waals surface area contributed by atoms with Gasteiger partial charge in [0.2, 0.25) is 5.91 Å². The number of fused-ring (bicyclic) bond motifs is 1. The number of aryl methyl sites for hydroxylation is 1. The van der Waals surface area contributed by atoms with Gasteiger partial charge in [-0.25, -0.2) is 0 Å². The van der Waals surface area contributed by atoms with Gasteiger partial charge in [0.1, 0.15) is 5.75 Å². The molecule has 0 heterocycles. The fourth-order valence-corrected chi connectivity index (χ4v) is 3.10. The van der Waals surface area contributed by atoms with E-state index in [9.17, 15) is 9.59 Å². The summed E-state index contributed by atoms with van der Waals surface area (Å²) in [6, 6.07) is 19.1. The van der Waals surface area contributed by atoms with Crippen LogP contribution in [0.2, 0.25) is 0 Å². The minimum atomic E-state index is -0.423. The van der Waals surface area contributed by atoms with E-state index in [0.717, 1.165) is 27.5 Å². The summed E-state index contributed by atoms with van der Waals surface area (Å²) in [7, 11) is 0. The summed E-state index contributed by atoms with van der Waals surface area (Å²) < 4.78 is 5.47. The minimum absolute atomic E-state index is 0.155. The number of ether oxygens (including phenoxy) is 1. The van der Waals surface area contributed by atoms with Crippen LogP contribution in [-0.4, -0.2) is 11.9 Å². The number of hydrogen-bond acceptors (Lipinski definition) is 3. The maximum atomic E-state index is 11.9. The van der Waals surface area contributed by atoms with Crippen molar-refractivity contribution in [1.29, 1.82) is 0 Å². The first kappa shape index (κ1) is 17.7. The van der Waals surface area contributed by atoms with Gasteiger partial charge in [0.25, 0.3) is 0 Å². The SMILES string of the molecule is CC(=O)N[C@H](c1ccc(C)cc1)c1c(OC(C)=O)ccc2ccccc12. The molecule has 1 atom stereocenters. The Hall–Kier alpha value is -3.14. The molecular weight excluding hydrogens is 326 g/mol. The molecule has 0 aliphatic heterocycles. The molecule has 3 rings (SSSR count). The first-order chi connectivity index (χ1) is 12.5. The van der Waals surface area contributed by atoms with Gasteiger partial charge in [-0.2, -0.15) is 0 Å². The average Bonchev–Trinajstić information content (AvgIpc) is 2.60. The van der Waals surface area contributed by atoms with E-state index in [1.54, 1.807) is 6.07 Å². The summed E-state index contributed by atoms with van der Waals surface area (Å²) in [6.45, 7) is 4.87. The third-order valence-corrected chi connectivity index (χ3v) is 4.23. The molecule has 0 saturated carbocycles. The highest BCUT2D eigenvalue weighted by Crippen LogP contribution is 2.36. The second kappa shape index (κ2) is 7.40. The molecular formula is C22H21NO3. The molecule has 0 radical (unpaired) electrons. The Morgan fingerprint density at radius 1 is 0.923 bits per heavy atom. The van der Waals surface area contributed by atoms with Crippen LogP contribution in [0.5, 0.6) is 5.75 Å². The lowest BCUT2D eigenvalue weighted by Crippen LogP contribution is -2.27. The number of esters is 1. The molecule has 0 unspecified atom stereocenters. The molecule has 1 N–H and O–H groups in total. The molecule has 4 nitrogen and oxygen atoms in total. The Morgan fingerprint density at radius 2 is 1.62 bits per heavy atom. The summed E-state index contributed by atoms with van der Waals surface area (Å²) in [4.78, 5) is 23.5. The van der Waals surface area contributed by atoms with E-state index >= 15 is 0 Å². The first-order valence-electron chi connectivity index (χ1n) is 8.49. The number of nitrogens with one attached hydrogen (secondary N) is 1. The fraction of sp³-hybridized carbons (Fsp3) is 0.182. The molecule has 0 spiro atoms. The summed E-state index contributed by atoms with van der Waals surface area (Å²) >= 11 is 0. The van der Waals surface area contributed by atoms with Crippen LogP contribution in [-0.2, 0) is 9.59 Å². The van der Waals surface area contributed by atoms with Crippen LogP contribution in [0.4, 0.5) is 0 Å². The molecule has 3 aromatic rings. The highest BCUT2D eigenvalue weighted by atomic mass is 16.5. The van der Waals surface area contributed by atoms with E-state index in [2.05, 4.69) is 5.32 Å². The number of hydrogen-bond donors (Lipinski definition) is 1. The summed E-state index contributed by atoms with van der Waals surface area (Å²) in [5.74, 6) is -0.0974. The van der Waals surface area contributed by atoms with Gasteiger partial charge in [-0.1, -0.05) is 60.2 Å². The summed E-state index contributed by atoms with van der Waals surface area (Å²) in [5, 5.41) is 4.96.